The summed E-state index contributed by atoms with van der Waals surface area (Å²) in [5.74, 6) is -0.772. The molecule has 4 amide bonds. The standard InChI is InChI=1S/C23H31N3O5/c1-4-5-12-31-23(30)25-10-8-17(9-11-25)24-20(27)16-6-7-18-19(13-16)22(29)26(21(18)28)14-15(2)3/h6-7,13,15,17H,4-5,8-12,14H2,1-3H3,(H,24,27). The molecule has 3 rings (SSSR count). The Kier molecular flexibility index (Phi) is 7.30. The van der Waals surface area contributed by atoms with Crippen LogP contribution in [0.25, 0.3) is 0 Å². The minimum absolute atomic E-state index is 0.0600. The van der Waals surface area contributed by atoms with E-state index in [4.69, 9.17) is 4.74 Å². The predicted molar refractivity (Wildman–Crippen MR) is 115 cm³/mol. The van der Waals surface area contributed by atoms with Crippen LogP contribution < -0.4 is 5.32 Å². The number of imide groups is 1. The topological polar surface area (TPSA) is 96.0 Å². The number of amides is 4. The summed E-state index contributed by atoms with van der Waals surface area (Å²) in [7, 11) is 0. The van der Waals surface area contributed by atoms with Crippen LogP contribution in [0.3, 0.4) is 0 Å². The van der Waals surface area contributed by atoms with Crippen LogP contribution >= 0.6 is 0 Å². The second kappa shape index (κ2) is 9.94. The zero-order valence-electron chi connectivity index (χ0n) is 18.5. The Morgan fingerprint density at radius 1 is 1.13 bits per heavy atom. The number of fused-ring (bicyclic) bond motifs is 1. The first-order valence-corrected chi connectivity index (χ1v) is 11.0. The normalized spacial score (nSPS) is 16.6. The molecule has 8 nitrogen and oxygen atoms in total. The fraction of sp³-hybridized carbons (Fsp3) is 0.565. The van der Waals surface area contributed by atoms with Crippen molar-refractivity contribution in [1.82, 2.24) is 15.1 Å². The molecule has 0 bridgehead atoms. The summed E-state index contributed by atoms with van der Waals surface area (Å²) in [6.45, 7) is 7.76. The van der Waals surface area contributed by atoms with E-state index in [1.54, 1.807) is 17.0 Å². The molecule has 0 saturated carbocycles. The van der Waals surface area contributed by atoms with Gasteiger partial charge in [0.25, 0.3) is 17.7 Å². The van der Waals surface area contributed by atoms with Gasteiger partial charge in [0.05, 0.1) is 17.7 Å². The van der Waals surface area contributed by atoms with Gasteiger partial charge in [-0.25, -0.2) is 4.79 Å². The van der Waals surface area contributed by atoms with Crippen molar-refractivity contribution >= 4 is 23.8 Å². The smallest absolute Gasteiger partial charge is 0.409 e. The fourth-order valence-corrected chi connectivity index (χ4v) is 3.83. The summed E-state index contributed by atoms with van der Waals surface area (Å²) in [6, 6.07) is 4.58. The van der Waals surface area contributed by atoms with E-state index in [2.05, 4.69) is 5.32 Å². The molecule has 31 heavy (non-hydrogen) atoms. The number of rotatable bonds is 7. The number of unbranched alkanes of at least 4 members (excludes halogenated alkanes) is 1. The van der Waals surface area contributed by atoms with Crippen LogP contribution in [-0.4, -0.2) is 65.9 Å². The van der Waals surface area contributed by atoms with Gasteiger partial charge in [0, 0.05) is 31.2 Å². The van der Waals surface area contributed by atoms with Crippen LogP contribution in [0.2, 0.25) is 0 Å². The fourth-order valence-electron chi connectivity index (χ4n) is 3.83. The lowest BCUT2D eigenvalue weighted by Gasteiger charge is -2.31. The second-order valence-electron chi connectivity index (χ2n) is 8.58. The summed E-state index contributed by atoms with van der Waals surface area (Å²) >= 11 is 0. The highest BCUT2D eigenvalue weighted by molar-refractivity contribution is 6.22. The van der Waals surface area contributed by atoms with Crippen molar-refractivity contribution < 1.29 is 23.9 Å². The molecule has 0 aromatic heterocycles. The molecule has 1 N–H and O–H groups in total. The highest BCUT2D eigenvalue weighted by Gasteiger charge is 2.36. The number of carbonyl (C=O) groups is 4. The van der Waals surface area contributed by atoms with Crippen LogP contribution in [0.4, 0.5) is 4.79 Å². The number of nitrogens with one attached hydrogen (secondary N) is 1. The van der Waals surface area contributed by atoms with Gasteiger partial charge in [0.15, 0.2) is 0 Å². The molecule has 1 aromatic rings. The molecule has 1 aromatic carbocycles. The van der Waals surface area contributed by atoms with Crippen molar-refractivity contribution in [1.29, 1.82) is 0 Å². The van der Waals surface area contributed by atoms with Crippen molar-refractivity contribution in [3.8, 4) is 0 Å². The SMILES string of the molecule is CCCCOC(=O)N1CCC(NC(=O)c2ccc3c(c2)C(=O)N(CC(C)C)C3=O)CC1. The van der Waals surface area contributed by atoms with E-state index >= 15 is 0 Å². The molecule has 168 valence electrons. The number of hydrogen-bond donors (Lipinski definition) is 1. The first-order valence-electron chi connectivity index (χ1n) is 11.0. The number of hydrogen-bond acceptors (Lipinski definition) is 5. The number of piperidine rings is 1. The maximum atomic E-state index is 12.7. The molecule has 1 fully saturated rings. The van der Waals surface area contributed by atoms with E-state index < -0.39 is 0 Å². The molecule has 0 radical (unpaired) electrons. The monoisotopic (exact) mass is 429 g/mol. The number of benzene rings is 1. The van der Waals surface area contributed by atoms with E-state index in [-0.39, 0.29) is 41.3 Å². The molecule has 0 atom stereocenters. The first-order chi connectivity index (χ1) is 14.8. The van der Waals surface area contributed by atoms with Gasteiger partial charge in [-0.05, 0) is 43.4 Å². The van der Waals surface area contributed by atoms with Crippen LogP contribution in [0.1, 0.15) is 77.5 Å². The summed E-state index contributed by atoms with van der Waals surface area (Å²) in [4.78, 5) is 52.8. The Hall–Kier alpha value is -2.90. The van der Waals surface area contributed by atoms with Crippen molar-refractivity contribution in [2.45, 2.75) is 52.5 Å². The summed E-state index contributed by atoms with van der Waals surface area (Å²) in [5.41, 5.74) is 0.979. The summed E-state index contributed by atoms with van der Waals surface area (Å²) in [5, 5.41) is 2.98. The number of ether oxygens (including phenoxy) is 1. The van der Waals surface area contributed by atoms with Gasteiger partial charge in [-0.1, -0.05) is 27.2 Å². The molecule has 8 heteroatoms. The Balaban J connectivity index is 1.56. The average Bonchev–Trinajstić information content (AvgIpc) is 2.98. The maximum Gasteiger partial charge on any atom is 0.409 e. The lowest BCUT2D eigenvalue weighted by molar-refractivity contribution is 0.0635. The van der Waals surface area contributed by atoms with Crippen molar-refractivity contribution in [3.05, 3.63) is 34.9 Å². The van der Waals surface area contributed by atoms with Crippen molar-refractivity contribution in [2.24, 2.45) is 5.92 Å². The molecule has 2 aliphatic heterocycles. The van der Waals surface area contributed by atoms with Gasteiger partial charge in [-0.3, -0.25) is 19.3 Å². The van der Waals surface area contributed by atoms with Crippen molar-refractivity contribution in [3.63, 3.8) is 0 Å². The van der Waals surface area contributed by atoms with Gasteiger partial charge >= 0.3 is 6.09 Å². The lowest BCUT2D eigenvalue weighted by Crippen LogP contribution is -2.46. The van der Waals surface area contributed by atoms with Gasteiger partial charge in [0.1, 0.15) is 0 Å². The number of likely N-dealkylation sites (tertiary alicyclic amines) is 1. The van der Waals surface area contributed by atoms with E-state index in [0.29, 0.717) is 50.2 Å². The van der Waals surface area contributed by atoms with Crippen LogP contribution in [-0.2, 0) is 4.74 Å². The number of nitrogens with zero attached hydrogens (tertiary/aromatic N) is 2. The second-order valence-corrected chi connectivity index (χ2v) is 8.58. The Labute approximate surface area is 182 Å². The van der Waals surface area contributed by atoms with E-state index in [1.165, 1.54) is 11.0 Å². The van der Waals surface area contributed by atoms with Gasteiger partial charge in [-0.2, -0.15) is 0 Å². The highest BCUT2D eigenvalue weighted by Crippen LogP contribution is 2.25. The van der Waals surface area contributed by atoms with Crippen LogP contribution in [0.5, 0.6) is 0 Å². The van der Waals surface area contributed by atoms with E-state index in [1.807, 2.05) is 20.8 Å². The number of carbonyl (C=O) groups excluding carboxylic acids is 4. The highest BCUT2D eigenvalue weighted by atomic mass is 16.6. The van der Waals surface area contributed by atoms with Gasteiger partial charge < -0.3 is 15.0 Å². The molecular formula is C23H31N3O5. The molecule has 0 spiro atoms. The first kappa shape index (κ1) is 22.8. The van der Waals surface area contributed by atoms with Gasteiger partial charge in [-0.15, -0.1) is 0 Å². The third-order valence-corrected chi connectivity index (χ3v) is 5.59. The minimum Gasteiger partial charge on any atom is -0.449 e. The maximum absolute atomic E-state index is 12.7. The molecule has 2 aliphatic rings. The zero-order chi connectivity index (χ0) is 22.5. The van der Waals surface area contributed by atoms with Crippen LogP contribution in [0.15, 0.2) is 18.2 Å². The Bertz CT molecular complexity index is 859. The largest absolute Gasteiger partial charge is 0.449 e. The predicted octanol–water partition coefficient (Wildman–Crippen LogP) is 3.07. The van der Waals surface area contributed by atoms with Crippen molar-refractivity contribution in [2.75, 3.05) is 26.2 Å². The van der Waals surface area contributed by atoms with E-state index in [0.717, 1.165) is 12.8 Å². The quantitative estimate of drug-likeness (QED) is 0.531. The third kappa shape index (κ3) is 5.24. The zero-order valence-corrected chi connectivity index (χ0v) is 18.5. The Morgan fingerprint density at radius 3 is 2.45 bits per heavy atom. The molecule has 1 saturated heterocycles. The Morgan fingerprint density at radius 2 is 1.81 bits per heavy atom. The molecule has 0 unspecified atom stereocenters. The molecular weight excluding hydrogens is 398 g/mol. The van der Waals surface area contributed by atoms with Crippen LogP contribution in [0, 0.1) is 5.92 Å². The minimum atomic E-state index is -0.349. The van der Waals surface area contributed by atoms with E-state index in [9.17, 15) is 19.2 Å². The lowest BCUT2D eigenvalue weighted by atomic mass is 10.0. The molecule has 2 heterocycles. The molecule has 0 aliphatic carbocycles. The summed E-state index contributed by atoms with van der Waals surface area (Å²) in [6.07, 6.45) is 2.80. The average molecular weight is 430 g/mol. The van der Waals surface area contributed by atoms with Gasteiger partial charge in [0.2, 0.25) is 0 Å². The summed E-state index contributed by atoms with van der Waals surface area (Å²) < 4.78 is 5.24. The third-order valence-electron chi connectivity index (χ3n) is 5.59.